The molecule has 1 saturated carbocycles. The lowest BCUT2D eigenvalue weighted by Crippen LogP contribution is -2.56. The first kappa shape index (κ1) is 43.1. The smallest absolute Gasteiger partial charge is 0.251 e. The van der Waals surface area contributed by atoms with Gasteiger partial charge < -0.3 is 35.2 Å². The number of methoxy groups -OCH3 is 2. The molecule has 1 aliphatic carbocycles. The van der Waals surface area contributed by atoms with Gasteiger partial charge in [-0.2, -0.15) is 5.06 Å². The highest BCUT2D eigenvalue weighted by molar-refractivity contribution is 5.97. The summed E-state index contributed by atoms with van der Waals surface area (Å²) in [7, 11) is 7.09. The molecule has 9 atom stereocenters. The molecule has 2 amide bonds. The van der Waals surface area contributed by atoms with Gasteiger partial charge in [0.2, 0.25) is 5.91 Å². The molecule has 4 N–H and O–H groups in total. The highest BCUT2D eigenvalue weighted by atomic mass is 16.7. The van der Waals surface area contributed by atoms with Crippen LogP contribution in [0.25, 0.3) is 11.1 Å². The Morgan fingerprint density at radius 1 is 1.04 bits per heavy atom. The topological polar surface area (TPSA) is 133 Å². The second-order valence-corrected chi connectivity index (χ2v) is 16.9. The van der Waals surface area contributed by atoms with Crippen molar-refractivity contribution in [2.24, 2.45) is 29.1 Å². The lowest BCUT2D eigenvalue weighted by Gasteiger charge is -2.50. The predicted molar refractivity (Wildman–Crippen MR) is 220 cm³/mol. The van der Waals surface area contributed by atoms with Gasteiger partial charge in [0.25, 0.3) is 5.91 Å². The van der Waals surface area contributed by atoms with Crippen molar-refractivity contribution < 1.29 is 34.1 Å². The van der Waals surface area contributed by atoms with E-state index in [1.165, 1.54) is 0 Å². The van der Waals surface area contributed by atoms with Crippen molar-refractivity contribution in [3.05, 3.63) is 83.4 Å². The summed E-state index contributed by atoms with van der Waals surface area (Å²) in [4.78, 5) is 36.5. The molecule has 3 aromatic rings. The van der Waals surface area contributed by atoms with E-state index in [1.54, 1.807) is 26.2 Å². The quantitative estimate of drug-likeness (QED) is 0.153. The lowest BCUT2D eigenvalue weighted by atomic mass is 9.58. The van der Waals surface area contributed by atoms with Crippen molar-refractivity contribution in [1.29, 1.82) is 0 Å². The first-order valence-electron chi connectivity index (χ1n) is 20.0. The molecule has 2 aliphatic rings. The summed E-state index contributed by atoms with van der Waals surface area (Å²) in [5.41, 5.74) is 4.83. The van der Waals surface area contributed by atoms with E-state index in [2.05, 4.69) is 45.3 Å². The number of benzene rings is 3. The lowest BCUT2D eigenvalue weighted by molar-refractivity contribution is -0.182. The molecule has 3 aromatic carbocycles. The van der Waals surface area contributed by atoms with Crippen molar-refractivity contribution in [1.82, 2.24) is 15.7 Å². The standard InChI is InChI=1S/C45H64N4O7/c1-27-19-38(28(2)29(3)45(27,5)6)47-44(53)41-40(30(4)51)39(25-50)56-49(41)24-32-17-14-18-37(42(32)55-10)33-21-34(23-36(22-33)48(7)8)43(52)46-35(26-54-9)20-31-15-12-11-13-16-31/h11-18,21-23,27-30,35,38-41,50-51H,19-20,24-26H2,1-10H3,(H,46,52)(H,47,53)/t27-,28+,29+,30+,35-,38+,39+,40-,41+/m1/s1. The second-order valence-electron chi connectivity index (χ2n) is 16.9. The average Bonchev–Trinajstić information content (AvgIpc) is 3.55. The van der Waals surface area contributed by atoms with Gasteiger partial charge in [0.1, 0.15) is 17.9 Å². The number of hydrogen-bond donors (Lipinski definition) is 4. The number of nitrogens with one attached hydrogen (secondary N) is 2. The maximum Gasteiger partial charge on any atom is 0.251 e. The molecule has 11 heteroatoms. The summed E-state index contributed by atoms with van der Waals surface area (Å²) < 4.78 is 11.6. The fourth-order valence-electron chi connectivity index (χ4n) is 8.73. The van der Waals surface area contributed by atoms with Crippen molar-refractivity contribution in [3.63, 3.8) is 0 Å². The van der Waals surface area contributed by atoms with E-state index in [9.17, 15) is 19.8 Å². The van der Waals surface area contributed by atoms with Crippen molar-refractivity contribution >= 4 is 17.5 Å². The molecule has 306 valence electrons. The molecule has 0 radical (unpaired) electrons. The van der Waals surface area contributed by atoms with E-state index < -0.39 is 24.2 Å². The van der Waals surface area contributed by atoms with Crippen LogP contribution in [0.15, 0.2) is 66.7 Å². The maximum absolute atomic E-state index is 14.4. The Labute approximate surface area is 333 Å². The largest absolute Gasteiger partial charge is 0.496 e. The minimum Gasteiger partial charge on any atom is -0.496 e. The molecule has 1 saturated heterocycles. The first-order valence-corrected chi connectivity index (χ1v) is 20.0. The Kier molecular flexibility index (Phi) is 14.3. The van der Waals surface area contributed by atoms with Gasteiger partial charge in [-0.3, -0.25) is 14.4 Å². The highest BCUT2D eigenvalue weighted by Crippen LogP contribution is 2.47. The van der Waals surface area contributed by atoms with Crippen LogP contribution in [0.5, 0.6) is 5.75 Å². The zero-order valence-electron chi connectivity index (χ0n) is 34.9. The van der Waals surface area contributed by atoms with Crippen LogP contribution >= 0.6 is 0 Å². The van der Waals surface area contributed by atoms with Crippen molar-refractivity contribution in [2.75, 3.05) is 46.4 Å². The van der Waals surface area contributed by atoms with E-state index in [0.717, 1.165) is 34.4 Å². The molecule has 56 heavy (non-hydrogen) atoms. The maximum atomic E-state index is 14.4. The number of aliphatic hydroxyl groups excluding tert-OH is 2. The number of nitrogens with zero attached hydrogens (tertiary/aromatic N) is 2. The van der Waals surface area contributed by atoms with E-state index in [-0.39, 0.29) is 48.4 Å². The first-order chi connectivity index (χ1) is 26.6. The number of amides is 2. The van der Waals surface area contributed by atoms with Crippen molar-refractivity contribution in [3.8, 4) is 16.9 Å². The number of para-hydroxylation sites is 1. The number of carbonyl (C=O) groups is 2. The Hall–Kier alpha value is -4.00. The van der Waals surface area contributed by atoms with Crippen molar-refractivity contribution in [2.45, 2.75) is 91.3 Å². The van der Waals surface area contributed by atoms with Gasteiger partial charge in [0.05, 0.1) is 39.0 Å². The van der Waals surface area contributed by atoms with Gasteiger partial charge in [-0.1, -0.05) is 83.1 Å². The zero-order valence-corrected chi connectivity index (χ0v) is 34.9. The minimum atomic E-state index is -0.920. The van der Waals surface area contributed by atoms with E-state index in [0.29, 0.717) is 36.2 Å². The Morgan fingerprint density at radius 2 is 1.75 bits per heavy atom. The van der Waals surface area contributed by atoms with Gasteiger partial charge in [0.15, 0.2) is 0 Å². The van der Waals surface area contributed by atoms with Crippen LogP contribution in [0.1, 0.15) is 69.4 Å². The number of anilines is 1. The summed E-state index contributed by atoms with van der Waals surface area (Å²) >= 11 is 0. The average molecular weight is 773 g/mol. The van der Waals surface area contributed by atoms with E-state index in [4.69, 9.17) is 14.3 Å². The van der Waals surface area contributed by atoms with E-state index in [1.807, 2.05) is 85.7 Å². The number of ether oxygens (including phenoxy) is 2. The molecule has 0 spiro atoms. The molecule has 0 unspecified atom stereocenters. The number of aliphatic hydroxyl groups is 2. The van der Waals surface area contributed by atoms with Crippen LogP contribution in [0.2, 0.25) is 0 Å². The third kappa shape index (κ3) is 9.40. The van der Waals surface area contributed by atoms with Gasteiger partial charge in [-0.25, -0.2) is 0 Å². The fraction of sp³-hybridized carbons (Fsp3) is 0.556. The summed E-state index contributed by atoms with van der Waals surface area (Å²) in [6, 6.07) is 20.4. The Balaban J connectivity index is 1.45. The molecule has 1 heterocycles. The third-order valence-corrected chi connectivity index (χ3v) is 12.8. The monoisotopic (exact) mass is 772 g/mol. The molecular weight excluding hydrogens is 709 g/mol. The SMILES string of the molecule is COC[C@@H](Cc1ccccc1)NC(=O)c1cc(-c2cccc(CN3O[C@@H](CO)[C@@H]([C@H](C)O)[C@H]3C(=O)N[C@H]3C[C@@H](C)C(C)(C)[C@@H](C)[C@@H]3C)c2OC)cc(N(C)C)c1. The zero-order chi connectivity index (χ0) is 40.9. The normalized spacial score (nSPS) is 26.0. The van der Waals surface area contributed by atoms with Crippen LogP contribution in [0.4, 0.5) is 5.69 Å². The predicted octanol–water partition coefficient (Wildman–Crippen LogP) is 5.71. The molecule has 1 aliphatic heterocycles. The number of carbonyl (C=O) groups excluding carboxylic acids is 2. The molecule has 2 fully saturated rings. The van der Waals surface area contributed by atoms with Gasteiger partial charge in [-0.05, 0) is 72.3 Å². The van der Waals surface area contributed by atoms with Crippen LogP contribution in [-0.4, -0.2) is 99.0 Å². The van der Waals surface area contributed by atoms with Gasteiger partial charge in [-0.15, -0.1) is 0 Å². The van der Waals surface area contributed by atoms with Crippen LogP contribution in [-0.2, 0) is 27.3 Å². The van der Waals surface area contributed by atoms with E-state index >= 15 is 0 Å². The van der Waals surface area contributed by atoms with Crippen LogP contribution in [0, 0.1) is 29.1 Å². The summed E-state index contributed by atoms with van der Waals surface area (Å²) in [6.45, 7) is 13.1. The summed E-state index contributed by atoms with van der Waals surface area (Å²) in [6.07, 6.45) is -0.224. The number of hydroxylamine groups is 2. The Morgan fingerprint density at radius 3 is 2.38 bits per heavy atom. The third-order valence-electron chi connectivity index (χ3n) is 12.8. The molecule has 0 bridgehead atoms. The highest BCUT2D eigenvalue weighted by Gasteiger charge is 2.51. The molecule has 0 aromatic heterocycles. The fourth-order valence-corrected chi connectivity index (χ4v) is 8.73. The number of hydrogen-bond acceptors (Lipinski definition) is 9. The summed E-state index contributed by atoms with van der Waals surface area (Å²) in [5, 5.41) is 29.5. The van der Waals surface area contributed by atoms with Crippen LogP contribution in [0.3, 0.4) is 0 Å². The molecular formula is C45H64N4O7. The number of rotatable bonds is 15. The minimum absolute atomic E-state index is 0.0402. The van der Waals surface area contributed by atoms with Crippen LogP contribution < -0.4 is 20.3 Å². The Bertz CT molecular complexity index is 1780. The second kappa shape index (κ2) is 18.5. The summed E-state index contributed by atoms with van der Waals surface area (Å²) in [5.74, 6) is 0.476. The molecule has 5 rings (SSSR count). The van der Waals surface area contributed by atoms with Gasteiger partial charge >= 0.3 is 0 Å². The molecule has 11 nitrogen and oxygen atoms in total. The van der Waals surface area contributed by atoms with Gasteiger partial charge in [0, 0.05) is 55.5 Å².